The van der Waals surface area contributed by atoms with Crippen LogP contribution in [0.4, 0.5) is 17.1 Å². The molecule has 0 bridgehead atoms. The number of hydrogen-bond acceptors (Lipinski definition) is 7. The normalized spacial score (nSPS) is 11.7. The number of anilines is 3. The van der Waals surface area contributed by atoms with Crippen LogP contribution in [0.15, 0.2) is 48.5 Å². The molecule has 0 radical (unpaired) electrons. The van der Waals surface area contributed by atoms with E-state index >= 15 is 0 Å². The summed E-state index contributed by atoms with van der Waals surface area (Å²) in [6, 6.07) is 13.8. The van der Waals surface area contributed by atoms with Gasteiger partial charge in [-0.05, 0) is 66.2 Å². The first-order valence-electron chi connectivity index (χ1n) is 12.0. The number of rotatable bonds is 10. The number of nitrogens with two attached hydrogens (primary N) is 2. The van der Waals surface area contributed by atoms with E-state index in [1.54, 1.807) is 6.07 Å². The smallest absolute Gasteiger partial charge is 0.273 e. The predicted molar refractivity (Wildman–Crippen MR) is 149 cm³/mol. The molecule has 1 atom stereocenters. The Bertz CT molecular complexity index is 1270. The van der Waals surface area contributed by atoms with Crippen molar-refractivity contribution >= 4 is 46.3 Å². The van der Waals surface area contributed by atoms with E-state index in [0.29, 0.717) is 23.7 Å². The summed E-state index contributed by atoms with van der Waals surface area (Å²) < 4.78 is 4.00. The molecule has 3 amide bonds. The van der Waals surface area contributed by atoms with E-state index in [4.69, 9.17) is 11.5 Å². The van der Waals surface area contributed by atoms with Gasteiger partial charge in [-0.1, -0.05) is 38.1 Å². The first-order chi connectivity index (χ1) is 17.5. The molecule has 0 saturated heterocycles. The second-order valence-corrected chi connectivity index (χ2v) is 10.3. The van der Waals surface area contributed by atoms with Gasteiger partial charge in [-0.15, -0.1) is 0 Å². The van der Waals surface area contributed by atoms with E-state index in [-0.39, 0.29) is 22.2 Å². The molecule has 0 aliphatic rings. The molecular formula is C27H34N6O3S. The molecule has 0 spiro atoms. The first-order valence-corrected chi connectivity index (χ1v) is 12.8. The molecule has 2 aromatic carbocycles. The van der Waals surface area contributed by atoms with E-state index in [1.165, 1.54) is 4.90 Å². The van der Waals surface area contributed by atoms with E-state index in [1.807, 2.05) is 68.4 Å². The molecule has 196 valence electrons. The Morgan fingerprint density at radius 2 is 1.73 bits per heavy atom. The number of nitrogens with zero attached hydrogens (tertiary/aromatic N) is 3. The van der Waals surface area contributed by atoms with Crippen molar-refractivity contribution in [3.8, 4) is 0 Å². The van der Waals surface area contributed by atoms with Gasteiger partial charge in [0.15, 0.2) is 5.69 Å². The van der Waals surface area contributed by atoms with Gasteiger partial charge in [-0.2, -0.15) is 4.37 Å². The standard InChI is InChI=1S/C27H34N6O3S/c1-16(2)13-14-30-26(35)23(18-9-11-19(12-10-18)32(4)5)33(20-8-6-7-17(3)15-20)27(36)24-21(28)22(25(29)34)31-37-24/h6-12,15-16,23H,13-14,28H2,1-5H3,(H2,29,34)(H,30,35)/t23-/m0/s1. The van der Waals surface area contributed by atoms with Crippen molar-refractivity contribution in [2.45, 2.75) is 33.2 Å². The van der Waals surface area contributed by atoms with E-state index in [0.717, 1.165) is 29.2 Å². The van der Waals surface area contributed by atoms with Gasteiger partial charge in [0.05, 0.1) is 5.69 Å². The Hall–Kier alpha value is -3.92. The number of aromatic nitrogens is 1. The minimum atomic E-state index is -1.00. The highest BCUT2D eigenvalue weighted by Gasteiger charge is 2.36. The fraction of sp³-hybridized carbons (Fsp3) is 0.333. The van der Waals surface area contributed by atoms with Gasteiger partial charge in [-0.25, -0.2) is 0 Å². The molecule has 9 nitrogen and oxygen atoms in total. The monoisotopic (exact) mass is 522 g/mol. The van der Waals surface area contributed by atoms with Crippen molar-refractivity contribution in [1.29, 1.82) is 0 Å². The van der Waals surface area contributed by atoms with Crippen LogP contribution in [0.3, 0.4) is 0 Å². The van der Waals surface area contributed by atoms with Crippen LogP contribution >= 0.6 is 11.5 Å². The maximum atomic E-state index is 14.1. The Morgan fingerprint density at radius 1 is 1.05 bits per heavy atom. The summed E-state index contributed by atoms with van der Waals surface area (Å²) in [5, 5.41) is 3.00. The molecule has 1 aromatic heterocycles. The van der Waals surface area contributed by atoms with Crippen molar-refractivity contribution in [3.63, 3.8) is 0 Å². The molecule has 0 unspecified atom stereocenters. The van der Waals surface area contributed by atoms with Crippen LogP contribution < -0.4 is 26.6 Å². The lowest BCUT2D eigenvalue weighted by Gasteiger charge is -2.32. The lowest BCUT2D eigenvalue weighted by Crippen LogP contribution is -2.44. The van der Waals surface area contributed by atoms with Crippen molar-refractivity contribution in [3.05, 3.63) is 70.2 Å². The summed E-state index contributed by atoms with van der Waals surface area (Å²) in [6.45, 7) is 6.53. The number of primary amides is 1. The number of carbonyl (C=O) groups excluding carboxylic acids is 3. The van der Waals surface area contributed by atoms with Crippen LogP contribution in [-0.4, -0.2) is 42.7 Å². The number of carbonyl (C=O) groups is 3. The predicted octanol–water partition coefficient (Wildman–Crippen LogP) is 3.75. The number of hydrogen-bond donors (Lipinski definition) is 3. The third kappa shape index (κ3) is 6.45. The van der Waals surface area contributed by atoms with Crippen LogP contribution in [0, 0.1) is 12.8 Å². The summed E-state index contributed by atoms with van der Waals surface area (Å²) in [5.41, 5.74) is 14.3. The van der Waals surface area contributed by atoms with Gasteiger partial charge in [0.1, 0.15) is 10.9 Å². The first kappa shape index (κ1) is 27.7. The highest BCUT2D eigenvalue weighted by molar-refractivity contribution is 7.09. The molecule has 0 aliphatic carbocycles. The average molecular weight is 523 g/mol. The molecular weight excluding hydrogens is 488 g/mol. The topological polar surface area (TPSA) is 135 Å². The molecule has 3 aromatic rings. The number of aryl methyl sites for hydroxylation is 1. The van der Waals surface area contributed by atoms with Crippen molar-refractivity contribution in [1.82, 2.24) is 9.69 Å². The number of nitrogens with one attached hydrogen (secondary N) is 1. The minimum Gasteiger partial charge on any atom is -0.395 e. The van der Waals surface area contributed by atoms with Crippen LogP contribution in [0.1, 0.15) is 57.6 Å². The summed E-state index contributed by atoms with van der Waals surface area (Å²) in [6.07, 6.45) is 0.792. The number of benzene rings is 2. The van der Waals surface area contributed by atoms with Gasteiger partial charge < -0.3 is 21.7 Å². The quantitative estimate of drug-likeness (QED) is 0.371. The second kappa shape index (κ2) is 11.9. The van der Waals surface area contributed by atoms with Crippen LogP contribution in [-0.2, 0) is 4.79 Å². The van der Waals surface area contributed by atoms with E-state index in [2.05, 4.69) is 23.5 Å². The highest BCUT2D eigenvalue weighted by atomic mass is 32.1. The Morgan fingerprint density at radius 3 is 2.27 bits per heavy atom. The van der Waals surface area contributed by atoms with Crippen molar-refractivity contribution < 1.29 is 14.4 Å². The summed E-state index contributed by atoms with van der Waals surface area (Å²) in [4.78, 5) is 43.0. The molecule has 0 aliphatic heterocycles. The zero-order chi connectivity index (χ0) is 27.3. The van der Waals surface area contributed by atoms with Crippen LogP contribution in [0.5, 0.6) is 0 Å². The molecule has 1 heterocycles. The molecule has 37 heavy (non-hydrogen) atoms. The fourth-order valence-corrected chi connectivity index (χ4v) is 4.60. The zero-order valence-corrected chi connectivity index (χ0v) is 22.6. The van der Waals surface area contributed by atoms with Gasteiger partial charge in [0, 0.05) is 32.0 Å². The molecule has 0 fully saturated rings. The number of nitrogen functional groups attached to an aromatic ring is 1. The summed E-state index contributed by atoms with van der Waals surface area (Å²) in [5.74, 6) is -1.30. The fourth-order valence-electron chi connectivity index (χ4n) is 3.85. The van der Waals surface area contributed by atoms with Gasteiger partial charge in [-0.3, -0.25) is 19.3 Å². The maximum Gasteiger partial charge on any atom is 0.273 e. The van der Waals surface area contributed by atoms with Crippen LogP contribution in [0.25, 0.3) is 0 Å². The van der Waals surface area contributed by atoms with E-state index < -0.39 is 17.9 Å². The lowest BCUT2D eigenvalue weighted by molar-refractivity contribution is -0.122. The largest absolute Gasteiger partial charge is 0.395 e. The van der Waals surface area contributed by atoms with Gasteiger partial charge in [0.2, 0.25) is 5.91 Å². The molecule has 10 heteroatoms. The third-order valence-corrected chi connectivity index (χ3v) is 6.76. The molecule has 5 N–H and O–H groups in total. The minimum absolute atomic E-state index is 0.0419. The van der Waals surface area contributed by atoms with Gasteiger partial charge in [0.25, 0.3) is 11.8 Å². The third-order valence-electron chi connectivity index (χ3n) is 5.91. The molecule has 0 saturated carbocycles. The Labute approximate surface area is 221 Å². The summed E-state index contributed by atoms with van der Waals surface area (Å²) >= 11 is 0.787. The maximum absolute atomic E-state index is 14.1. The average Bonchev–Trinajstić information content (AvgIpc) is 3.23. The van der Waals surface area contributed by atoms with Crippen LogP contribution in [0.2, 0.25) is 0 Å². The zero-order valence-electron chi connectivity index (χ0n) is 21.8. The molecule has 3 rings (SSSR count). The van der Waals surface area contributed by atoms with Crippen molar-refractivity contribution in [2.24, 2.45) is 11.7 Å². The SMILES string of the molecule is Cc1cccc(N(C(=O)c2snc(C(N)=O)c2N)[C@H](C(=O)NCCC(C)C)c2ccc(N(C)C)cc2)c1. The van der Waals surface area contributed by atoms with E-state index in [9.17, 15) is 14.4 Å². The Balaban J connectivity index is 2.17. The summed E-state index contributed by atoms with van der Waals surface area (Å²) in [7, 11) is 3.85. The van der Waals surface area contributed by atoms with Gasteiger partial charge >= 0.3 is 0 Å². The second-order valence-electron chi connectivity index (χ2n) is 9.51. The highest BCUT2D eigenvalue weighted by Crippen LogP contribution is 2.34. The number of amides is 3. The Kier molecular flexibility index (Phi) is 8.88. The lowest BCUT2D eigenvalue weighted by atomic mass is 10.0. The van der Waals surface area contributed by atoms with Crippen molar-refractivity contribution in [2.75, 3.05) is 36.2 Å².